The first kappa shape index (κ1) is 27.3. The molecule has 6 nitrogen and oxygen atoms in total. The summed E-state index contributed by atoms with van der Waals surface area (Å²) in [7, 11) is 0. The van der Waals surface area contributed by atoms with E-state index in [-0.39, 0.29) is 17.7 Å². The Morgan fingerprint density at radius 2 is 1.41 bits per heavy atom. The van der Waals surface area contributed by atoms with Gasteiger partial charge in [-0.1, -0.05) is 78.9 Å². The average Bonchev–Trinajstić information content (AvgIpc) is 3.75. The molecule has 6 heteroatoms. The molecule has 1 aromatic heterocycles. The molecule has 2 amide bonds. The summed E-state index contributed by atoms with van der Waals surface area (Å²) in [6.45, 7) is 6.01. The molecular weight excluding hydrogens is 508 g/mol. The maximum Gasteiger partial charge on any atom is 0.268 e. The molecule has 212 valence electrons. The quantitative estimate of drug-likeness (QED) is 0.246. The number of carbonyl (C=O) groups is 2. The SMILES string of the molecule is O=C(NCCCN1CCCC1=O)c1c(C(c2ccccc2)c2ccccc2)c2ccccc2n1CCN1CCCC1. The van der Waals surface area contributed by atoms with Crippen LogP contribution in [0.15, 0.2) is 84.9 Å². The van der Waals surface area contributed by atoms with Crippen LogP contribution < -0.4 is 5.32 Å². The van der Waals surface area contributed by atoms with E-state index in [1.807, 2.05) is 17.0 Å². The van der Waals surface area contributed by atoms with Crippen molar-refractivity contribution in [3.05, 3.63) is 107 Å². The van der Waals surface area contributed by atoms with E-state index in [1.54, 1.807) is 0 Å². The lowest BCUT2D eigenvalue weighted by molar-refractivity contribution is -0.127. The number of benzene rings is 3. The molecule has 0 aliphatic carbocycles. The molecule has 2 saturated heterocycles. The number of aromatic nitrogens is 1. The van der Waals surface area contributed by atoms with Crippen LogP contribution >= 0.6 is 0 Å². The minimum absolute atomic E-state index is 0.0396. The van der Waals surface area contributed by atoms with Crippen LogP contribution in [0, 0.1) is 0 Å². The van der Waals surface area contributed by atoms with Crippen LogP contribution in [0.3, 0.4) is 0 Å². The van der Waals surface area contributed by atoms with Crippen molar-refractivity contribution in [1.29, 1.82) is 0 Å². The highest BCUT2D eigenvalue weighted by molar-refractivity contribution is 6.03. The average molecular weight is 549 g/mol. The van der Waals surface area contributed by atoms with Gasteiger partial charge in [0.25, 0.3) is 5.91 Å². The number of para-hydroxylation sites is 1. The summed E-state index contributed by atoms with van der Waals surface area (Å²) in [5.74, 6) is 0.106. The highest BCUT2D eigenvalue weighted by atomic mass is 16.2. The number of hydrogen-bond acceptors (Lipinski definition) is 3. The fourth-order valence-corrected chi connectivity index (χ4v) is 6.66. The molecule has 0 bridgehead atoms. The van der Waals surface area contributed by atoms with E-state index in [4.69, 9.17) is 0 Å². The number of carbonyl (C=O) groups excluding carboxylic acids is 2. The molecule has 2 aliphatic heterocycles. The number of nitrogens with one attached hydrogen (secondary N) is 1. The number of hydrogen-bond donors (Lipinski definition) is 1. The van der Waals surface area contributed by atoms with Crippen molar-refractivity contribution in [2.45, 2.75) is 44.6 Å². The fraction of sp³-hybridized carbons (Fsp3) is 0.371. The molecule has 6 rings (SSSR count). The van der Waals surface area contributed by atoms with Crippen LogP contribution in [0.4, 0.5) is 0 Å². The second-order valence-electron chi connectivity index (χ2n) is 11.3. The molecular formula is C35H40N4O2. The lowest BCUT2D eigenvalue weighted by Crippen LogP contribution is -2.33. The van der Waals surface area contributed by atoms with Gasteiger partial charge >= 0.3 is 0 Å². The van der Waals surface area contributed by atoms with Gasteiger partial charge in [-0.2, -0.15) is 0 Å². The normalized spacial score (nSPS) is 15.8. The van der Waals surface area contributed by atoms with Crippen molar-refractivity contribution in [3.63, 3.8) is 0 Å². The molecule has 0 unspecified atom stereocenters. The third-order valence-corrected chi connectivity index (χ3v) is 8.68. The van der Waals surface area contributed by atoms with Gasteiger partial charge in [-0.25, -0.2) is 0 Å². The number of rotatable bonds is 11. The molecule has 2 aliphatic rings. The number of nitrogens with zero attached hydrogens (tertiary/aromatic N) is 3. The molecule has 0 saturated carbocycles. The molecule has 0 spiro atoms. The van der Waals surface area contributed by atoms with Crippen LogP contribution in [-0.2, 0) is 11.3 Å². The predicted octanol–water partition coefficient (Wildman–Crippen LogP) is 5.66. The maximum absolute atomic E-state index is 14.3. The van der Waals surface area contributed by atoms with Crippen LogP contribution in [0.5, 0.6) is 0 Å². The molecule has 2 fully saturated rings. The van der Waals surface area contributed by atoms with E-state index in [2.05, 4.69) is 87.6 Å². The highest BCUT2D eigenvalue weighted by Gasteiger charge is 2.30. The Bertz CT molecular complexity index is 1430. The van der Waals surface area contributed by atoms with Gasteiger partial charge in [0.2, 0.25) is 5.91 Å². The van der Waals surface area contributed by atoms with Gasteiger partial charge in [0.1, 0.15) is 5.69 Å². The molecule has 41 heavy (non-hydrogen) atoms. The summed E-state index contributed by atoms with van der Waals surface area (Å²) < 4.78 is 2.27. The standard InChI is InChI=1S/C35H40N4O2/c40-31-19-11-23-38(31)24-12-20-36-35(41)34-33(32(27-13-3-1-4-14-27)28-15-5-2-6-16-28)29-17-7-8-18-30(29)39(34)26-25-37-21-9-10-22-37/h1-8,13-18,32H,9-12,19-26H2,(H,36,41). The zero-order chi connectivity index (χ0) is 28.0. The zero-order valence-electron chi connectivity index (χ0n) is 23.8. The summed E-state index contributed by atoms with van der Waals surface area (Å²) in [6.07, 6.45) is 4.82. The summed E-state index contributed by atoms with van der Waals surface area (Å²) in [6, 6.07) is 29.6. The van der Waals surface area contributed by atoms with Crippen molar-refractivity contribution >= 4 is 22.7 Å². The molecule has 3 aromatic carbocycles. The second kappa shape index (κ2) is 12.7. The third-order valence-electron chi connectivity index (χ3n) is 8.68. The molecule has 3 heterocycles. The van der Waals surface area contributed by atoms with Crippen molar-refractivity contribution in [1.82, 2.24) is 19.7 Å². The maximum atomic E-state index is 14.3. The number of fused-ring (bicyclic) bond motifs is 1. The van der Waals surface area contributed by atoms with Crippen molar-refractivity contribution in [2.75, 3.05) is 39.3 Å². The van der Waals surface area contributed by atoms with Crippen LogP contribution in [-0.4, -0.2) is 65.4 Å². The van der Waals surface area contributed by atoms with Gasteiger partial charge < -0.3 is 19.7 Å². The first-order valence-corrected chi connectivity index (χ1v) is 15.2. The molecule has 1 N–H and O–H groups in total. The van der Waals surface area contributed by atoms with Gasteiger partial charge in [0.05, 0.1) is 0 Å². The predicted molar refractivity (Wildman–Crippen MR) is 164 cm³/mol. The van der Waals surface area contributed by atoms with Crippen molar-refractivity contribution < 1.29 is 9.59 Å². The second-order valence-corrected chi connectivity index (χ2v) is 11.3. The lowest BCUT2D eigenvalue weighted by atomic mass is 9.83. The minimum Gasteiger partial charge on any atom is -0.351 e. The monoisotopic (exact) mass is 548 g/mol. The highest BCUT2D eigenvalue weighted by Crippen LogP contribution is 2.40. The Morgan fingerprint density at radius 3 is 2.07 bits per heavy atom. The molecule has 0 atom stereocenters. The van der Waals surface area contributed by atoms with E-state index in [0.717, 1.165) is 67.7 Å². The van der Waals surface area contributed by atoms with Gasteiger partial charge in [-0.15, -0.1) is 0 Å². The number of amides is 2. The largest absolute Gasteiger partial charge is 0.351 e. The molecule has 0 radical (unpaired) electrons. The van der Waals surface area contributed by atoms with Crippen LogP contribution in [0.2, 0.25) is 0 Å². The van der Waals surface area contributed by atoms with Gasteiger partial charge in [0, 0.05) is 61.5 Å². The summed E-state index contributed by atoms with van der Waals surface area (Å²) in [5.41, 5.74) is 5.25. The Kier molecular flexibility index (Phi) is 8.47. The van der Waals surface area contributed by atoms with E-state index in [9.17, 15) is 9.59 Å². The Morgan fingerprint density at radius 1 is 0.756 bits per heavy atom. The van der Waals surface area contributed by atoms with Crippen molar-refractivity contribution in [3.8, 4) is 0 Å². The summed E-state index contributed by atoms with van der Waals surface area (Å²) >= 11 is 0. The van der Waals surface area contributed by atoms with Crippen molar-refractivity contribution in [2.24, 2.45) is 0 Å². The van der Waals surface area contributed by atoms with E-state index < -0.39 is 0 Å². The zero-order valence-corrected chi connectivity index (χ0v) is 23.8. The van der Waals surface area contributed by atoms with E-state index in [0.29, 0.717) is 19.5 Å². The fourth-order valence-electron chi connectivity index (χ4n) is 6.66. The minimum atomic E-state index is -0.0849. The van der Waals surface area contributed by atoms with Crippen LogP contribution in [0.1, 0.15) is 65.2 Å². The Labute approximate surface area is 243 Å². The number of likely N-dealkylation sites (tertiary alicyclic amines) is 2. The first-order valence-electron chi connectivity index (χ1n) is 15.2. The Hall–Kier alpha value is -3.90. The van der Waals surface area contributed by atoms with E-state index >= 15 is 0 Å². The summed E-state index contributed by atoms with van der Waals surface area (Å²) in [5, 5.41) is 4.38. The Balaban J connectivity index is 1.41. The van der Waals surface area contributed by atoms with E-state index in [1.165, 1.54) is 24.0 Å². The van der Waals surface area contributed by atoms with Gasteiger partial charge in [-0.3, -0.25) is 9.59 Å². The topological polar surface area (TPSA) is 57.6 Å². The smallest absolute Gasteiger partial charge is 0.268 e. The third kappa shape index (κ3) is 5.94. The van der Waals surface area contributed by atoms with Gasteiger partial charge in [0.15, 0.2) is 0 Å². The van der Waals surface area contributed by atoms with Crippen LogP contribution in [0.25, 0.3) is 10.9 Å². The lowest BCUT2D eigenvalue weighted by Gasteiger charge is -2.22. The first-order chi connectivity index (χ1) is 20.2. The van der Waals surface area contributed by atoms with Gasteiger partial charge in [-0.05, 0) is 56.0 Å². The molecule has 4 aromatic rings. The summed E-state index contributed by atoms with van der Waals surface area (Å²) in [4.78, 5) is 30.8.